The summed E-state index contributed by atoms with van der Waals surface area (Å²) < 4.78 is 15.2. The number of amides is 1. The lowest BCUT2D eigenvalue weighted by atomic mass is 10.2. The van der Waals surface area contributed by atoms with Crippen molar-refractivity contribution in [3.05, 3.63) is 41.5 Å². The molecule has 1 aromatic heterocycles. The van der Waals surface area contributed by atoms with Crippen LogP contribution in [0, 0.1) is 5.82 Å². The molecule has 1 aromatic carbocycles. The standard InChI is InChI=1S/C16H18FN5O/c17-12-4-3-11-5-7-22(15(11)8-12)16(23)14-10-21(20-19-14)9-13-2-1-6-18-13/h3-4,8,10,13,18H,1-2,5-7,9H2. The molecule has 3 heterocycles. The summed E-state index contributed by atoms with van der Waals surface area (Å²) in [5.74, 6) is -0.556. The molecule has 0 saturated carbocycles. The monoisotopic (exact) mass is 315 g/mol. The van der Waals surface area contributed by atoms with Crippen LogP contribution in [0.25, 0.3) is 0 Å². The number of rotatable bonds is 3. The van der Waals surface area contributed by atoms with Gasteiger partial charge in [0.2, 0.25) is 0 Å². The van der Waals surface area contributed by atoms with E-state index >= 15 is 0 Å². The first kappa shape index (κ1) is 14.3. The van der Waals surface area contributed by atoms with Gasteiger partial charge >= 0.3 is 0 Å². The molecular weight excluding hydrogens is 297 g/mol. The third-order valence-corrected chi connectivity index (χ3v) is 4.52. The highest BCUT2D eigenvalue weighted by molar-refractivity contribution is 6.05. The van der Waals surface area contributed by atoms with Crippen LogP contribution < -0.4 is 10.2 Å². The Bertz CT molecular complexity index is 738. The van der Waals surface area contributed by atoms with Crippen LogP contribution in [0.2, 0.25) is 0 Å². The zero-order valence-corrected chi connectivity index (χ0v) is 12.7. The smallest absolute Gasteiger partial charge is 0.280 e. The van der Waals surface area contributed by atoms with Gasteiger partial charge < -0.3 is 10.2 Å². The van der Waals surface area contributed by atoms with Gasteiger partial charge in [-0.05, 0) is 43.5 Å². The van der Waals surface area contributed by atoms with Gasteiger partial charge in [0.05, 0.1) is 18.4 Å². The van der Waals surface area contributed by atoms with Crippen molar-refractivity contribution in [2.45, 2.75) is 31.8 Å². The molecular formula is C16H18FN5O. The molecule has 1 atom stereocenters. The lowest BCUT2D eigenvalue weighted by Crippen LogP contribution is -2.29. The van der Waals surface area contributed by atoms with Gasteiger partial charge in [-0.25, -0.2) is 4.39 Å². The summed E-state index contributed by atoms with van der Waals surface area (Å²) in [5, 5.41) is 11.4. The molecule has 1 fully saturated rings. The molecule has 2 aliphatic rings. The predicted octanol–water partition coefficient (Wildman–Crippen LogP) is 1.37. The van der Waals surface area contributed by atoms with Crippen molar-refractivity contribution in [1.82, 2.24) is 20.3 Å². The Morgan fingerprint density at radius 3 is 3.17 bits per heavy atom. The molecule has 6 nitrogen and oxygen atoms in total. The second-order valence-corrected chi connectivity index (χ2v) is 6.10. The van der Waals surface area contributed by atoms with Crippen molar-refractivity contribution in [2.75, 3.05) is 18.0 Å². The van der Waals surface area contributed by atoms with Crippen molar-refractivity contribution < 1.29 is 9.18 Å². The summed E-state index contributed by atoms with van der Waals surface area (Å²) in [4.78, 5) is 14.2. The van der Waals surface area contributed by atoms with Crippen molar-refractivity contribution in [3.8, 4) is 0 Å². The Hall–Kier alpha value is -2.28. The first-order valence-corrected chi connectivity index (χ1v) is 7.94. The summed E-state index contributed by atoms with van der Waals surface area (Å²) in [5.41, 5.74) is 1.93. The van der Waals surface area contributed by atoms with Crippen LogP contribution in [0.1, 0.15) is 28.9 Å². The van der Waals surface area contributed by atoms with Crippen LogP contribution in [0.3, 0.4) is 0 Å². The second-order valence-electron chi connectivity index (χ2n) is 6.10. The third-order valence-electron chi connectivity index (χ3n) is 4.52. The number of nitrogens with one attached hydrogen (secondary N) is 1. The van der Waals surface area contributed by atoms with E-state index in [9.17, 15) is 9.18 Å². The third kappa shape index (κ3) is 2.72. The van der Waals surface area contributed by atoms with E-state index in [2.05, 4.69) is 15.6 Å². The van der Waals surface area contributed by atoms with Crippen LogP contribution in [0.5, 0.6) is 0 Å². The van der Waals surface area contributed by atoms with E-state index in [1.54, 1.807) is 21.8 Å². The fourth-order valence-electron chi connectivity index (χ4n) is 3.33. The summed E-state index contributed by atoms with van der Waals surface area (Å²) >= 11 is 0. The maximum Gasteiger partial charge on any atom is 0.280 e. The number of halogens is 1. The van der Waals surface area contributed by atoms with Gasteiger partial charge in [-0.2, -0.15) is 0 Å². The van der Waals surface area contributed by atoms with E-state index < -0.39 is 0 Å². The van der Waals surface area contributed by atoms with Gasteiger partial charge in [0.25, 0.3) is 5.91 Å². The summed E-state index contributed by atoms with van der Waals surface area (Å²) in [7, 11) is 0. The van der Waals surface area contributed by atoms with E-state index in [1.165, 1.54) is 18.6 Å². The zero-order chi connectivity index (χ0) is 15.8. The number of benzene rings is 1. The summed E-state index contributed by atoms with van der Waals surface area (Å²) in [6.07, 6.45) is 4.70. The molecule has 0 bridgehead atoms. The van der Waals surface area contributed by atoms with Crippen LogP contribution in [0.15, 0.2) is 24.4 Å². The Balaban J connectivity index is 1.52. The molecule has 1 saturated heterocycles. The Labute approximate surface area is 133 Å². The molecule has 0 spiro atoms. The highest BCUT2D eigenvalue weighted by Gasteiger charge is 2.28. The van der Waals surface area contributed by atoms with E-state index in [4.69, 9.17) is 0 Å². The topological polar surface area (TPSA) is 63.1 Å². The fourth-order valence-corrected chi connectivity index (χ4v) is 3.33. The van der Waals surface area contributed by atoms with Gasteiger partial charge in [0, 0.05) is 12.6 Å². The number of hydrogen-bond donors (Lipinski definition) is 1. The molecule has 120 valence electrons. The van der Waals surface area contributed by atoms with Gasteiger partial charge in [0.1, 0.15) is 5.82 Å². The number of aromatic nitrogens is 3. The maximum absolute atomic E-state index is 13.5. The van der Waals surface area contributed by atoms with E-state index in [-0.39, 0.29) is 11.7 Å². The second kappa shape index (κ2) is 5.73. The number of anilines is 1. The van der Waals surface area contributed by atoms with Crippen LogP contribution in [-0.4, -0.2) is 40.0 Å². The van der Waals surface area contributed by atoms with Gasteiger partial charge in [-0.15, -0.1) is 5.10 Å². The van der Waals surface area contributed by atoms with Gasteiger partial charge in [-0.1, -0.05) is 11.3 Å². The SMILES string of the molecule is O=C(c1cn(CC2CCCN2)nn1)N1CCc2ccc(F)cc21. The Kier molecular flexibility index (Phi) is 3.57. The highest BCUT2D eigenvalue weighted by atomic mass is 19.1. The Morgan fingerprint density at radius 1 is 1.43 bits per heavy atom. The first-order chi connectivity index (χ1) is 11.2. The molecule has 23 heavy (non-hydrogen) atoms. The summed E-state index contributed by atoms with van der Waals surface area (Å²) in [6.45, 7) is 2.29. The fraction of sp³-hybridized carbons (Fsp3) is 0.438. The molecule has 7 heteroatoms. The van der Waals surface area contributed by atoms with Crippen LogP contribution in [-0.2, 0) is 13.0 Å². The minimum absolute atomic E-state index is 0.222. The molecule has 2 aromatic rings. The first-order valence-electron chi connectivity index (χ1n) is 7.94. The normalized spacial score (nSPS) is 20.0. The van der Waals surface area contributed by atoms with Crippen LogP contribution >= 0.6 is 0 Å². The van der Waals surface area contributed by atoms with E-state index in [0.717, 1.165) is 24.9 Å². The van der Waals surface area contributed by atoms with E-state index in [0.29, 0.717) is 30.5 Å². The number of carbonyl (C=O) groups is 1. The molecule has 1 N–H and O–H groups in total. The number of hydrogen-bond acceptors (Lipinski definition) is 4. The molecule has 0 radical (unpaired) electrons. The minimum Gasteiger partial charge on any atom is -0.312 e. The molecule has 1 unspecified atom stereocenters. The van der Waals surface area contributed by atoms with Crippen molar-refractivity contribution in [2.24, 2.45) is 0 Å². The zero-order valence-electron chi connectivity index (χ0n) is 12.7. The quantitative estimate of drug-likeness (QED) is 0.929. The maximum atomic E-state index is 13.5. The van der Waals surface area contributed by atoms with E-state index in [1.807, 2.05) is 0 Å². The lowest BCUT2D eigenvalue weighted by molar-refractivity contribution is 0.0984. The van der Waals surface area contributed by atoms with Crippen molar-refractivity contribution in [1.29, 1.82) is 0 Å². The van der Waals surface area contributed by atoms with Crippen LogP contribution in [0.4, 0.5) is 10.1 Å². The van der Waals surface area contributed by atoms with Crippen molar-refractivity contribution >= 4 is 11.6 Å². The Morgan fingerprint density at radius 2 is 2.35 bits per heavy atom. The average molecular weight is 315 g/mol. The predicted molar refractivity (Wildman–Crippen MR) is 82.8 cm³/mol. The lowest BCUT2D eigenvalue weighted by Gasteiger charge is -2.15. The minimum atomic E-state index is -0.334. The van der Waals surface area contributed by atoms with Gasteiger partial charge in [0.15, 0.2) is 5.69 Å². The number of carbonyl (C=O) groups excluding carboxylic acids is 1. The molecule has 4 rings (SSSR count). The summed E-state index contributed by atoms with van der Waals surface area (Å²) in [6, 6.07) is 4.96. The van der Waals surface area contributed by atoms with Gasteiger partial charge in [-0.3, -0.25) is 9.48 Å². The van der Waals surface area contributed by atoms with Crippen molar-refractivity contribution in [3.63, 3.8) is 0 Å². The number of fused-ring (bicyclic) bond motifs is 1. The number of nitrogens with zero attached hydrogens (tertiary/aromatic N) is 4. The average Bonchev–Trinajstić information content (AvgIpc) is 3.27. The molecule has 0 aliphatic carbocycles. The largest absolute Gasteiger partial charge is 0.312 e. The molecule has 1 amide bonds. The highest BCUT2D eigenvalue weighted by Crippen LogP contribution is 2.29. The molecule has 2 aliphatic heterocycles.